The molecule has 9 aromatic rings. The molecule has 0 N–H and O–H groups in total. The van der Waals surface area contributed by atoms with E-state index in [9.17, 15) is 0 Å². The minimum absolute atomic E-state index is 0.944. The lowest BCUT2D eigenvalue weighted by Crippen LogP contribution is -1.93. The van der Waals surface area contributed by atoms with Crippen molar-refractivity contribution in [3.8, 4) is 44.6 Å². The van der Waals surface area contributed by atoms with Crippen LogP contribution in [0.5, 0.6) is 0 Å². The van der Waals surface area contributed by atoms with E-state index in [0.29, 0.717) is 0 Å². The molecule has 9 rings (SSSR count). The molecule has 7 aromatic carbocycles. The van der Waals surface area contributed by atoms with Gasteiger partial charge in [-0.25, -0.2) is 0 Å². The minimum atomic E-state index is 0.944. The first-order valence-corrected chi connectivity index (χ1v) is 15.7. The molecule has 2 heterocycles. The summed E-state index contributed by atoms with van der Waals surface area (Å²) in [5.74, 6) is 0. The quantitative estimate of drug-likeness (QED) is 0.192. The number of fused-ring (bicyclic) bond motifs is 4. The first-order valence-electron chi connectivity index (χ1n) is 15.7. The van der Waals surface area contributed by atoms with Crippen LogP contribution in [0.3, 0.4) is 0 Å². The lowest BCUT2D eigenvalue weighted by atomic mass is 9.84. The van der Waals surface area contributed by atoms with Crippen LogP contribution in [-0.2, 0) is 0 Å². The summed E-state index contributed by atoms with van der Waals surface area (Å²) < 4.78 is 0. The van der Waals surface area contributed by atoms with Crippen molar-refractivity contribution in [1.82, 2.24) is 9.97 Å². The van der Waals surface area contributed by atoms with E-state index in [1.165, 1.54) is 54.6 Å². The van der Waals surface area contributed by atoms with Gasteiger partial charge in [0.2, 0.25) is 0 Å². The molecule has 2 heteroatoms. The van der Waals surface area contributed by atoms with Gasteiger partial charge >= 0.3 is 0 Å². The van der Waals surface area contributed by atoms with Crippen LogP contribution in [0.2, 0.25) is 0 Å². The molecule has 0 spiro atoms. The van der Waals surface area contributed by atoms with Crippen molar-refractivity contribution < 1.29 is 0 Å². The molecule has 214 valence electrons. The third-order valence-electron chi connectivity index (χ3n) is 9.14. The monoisotopic (exact) mass is 584 g/mol. The summed E-state index contributed by atoms with van der Waals surface area (Å²) in [6, 6.07) is 56.5. The van der Waals surface area contributed by atoms with Gasteiger partial charge in [-0.15, -0.1) is 0 Å². The number of rotatable bonds is 4. The van der Waals surface area contributed by atoms with Crippen LogP contribution in [-0.4, -0.2) is 9.97 Å². The zero-order chi connectivity index (χ0) is 30.5. The summed E-state index contributed by atoms with van der Waals surface area (Å²) in [5, 5.41) is 8.54. The van der Waals surface area contributed by atoms with Crippen molar-refractivity contribution in [2.45, 2.75) is 0 Å². The molecule has 0 fully saturated rings. The van der Waals surface area contributed by atoms with E-state index in [1.807, 2.05) is 18.5 Å². The molecule has 0 aliphatic carbocycles. The Hall–Kier alpha value is -6.12. The summed E-state index contributed by atoms with van der Waals surface area (Å²) in [6.07, 6.45) is 3.81. The first-order chi connectivity index (χ1) is 22.8. The molecule has 0 saturated carbocycles. The standard InChI is InChI=1S/C44H28N2/c1-2-12-29(13-3-1)43-36-17-6-8-19-38(36)44(39-20-9-7-18-37(39)43)40-27-32(26-30-14-4-5-15-33(30)40)42-28-31(22-24-46-42)34-23-25-45-41-21-11-10-16-35(34)41/h1-28H. The van der Waals surface area contributed by atoms with E-state index in [0.717, 1.165) is 33.3 Å². The number of hydrogen-bond acceptors (Lipinski definition) is 2. The number of benzene rings is 7. The van der Waals surface area contributed by atoms with Crippen LogP contribution in [0.25, 0.3) is 87.9 Å². The number of nitrogens with zero attached hydrogens (tertiary/aromatic N) is 2. The highest BCUT2D eigenvalue weighted by molar-refractivity contribution is 6.23. The van der Waals surface area contributed by atoms with Gasteiger partial charge in [0, 0.05) is 23.3 Å². The Balaban J connectivity index is 1.33. The van der Waals surface area contributed by atoms with Crippen molar-refractivity contribution in [2.75, 3.05) is 0 Å². The van der Waals surface area contributed by atoms with Crippen LogP contribution in [0.1, 0.15) is 0 Å². The van der Waals surface area contributed by atoms with Gasteiger partial charge in [-0.3, -0.25) is 9.97 Å². The zero-order valence-electron chi connectivity index (χ0n) is 25.1. The van der Waals surface area contributed by atoms with Gasteiger partial charge in [0.1, 0.15) is 0 Å². The SMILES string of the molecule is c1ccc(-c2c3ccccc3c(-c3cc(-c4cc(-c5ccnc6ccccc56)ccn4)cc4ccccc34)c3ccccc23)cc1. The van der Waals surface area contributed by atoms with Gasteiger partial charge in [0.15, 0.2) is 0 Å². The summed E-state index contributed by atoms with van der Waals surface area (Å²) >= 11 is 0. The highest BCUT2D eigenvalue weighted by Crippen LogP contribution is 2.46. The predicted molar refractivity (Wildman–Crippen MR) is 194 cm³/mol. The second kappa shape index (κ2) is 10.8. The Kier molecular flexibility index (Phi) is 6.17. The number of aromatic nitrogens is 2. The molecule has 0 aliphatic heterocycles. The van der Waals surface area contributed by atoms with Crippen LogP contribution in [0.15, 0.2) is 170 Å². The van der Waals surface area contributed by atoms with E-state index in [1.54, 1.807) is 0 Å². The Morgan fingerprint density at radius 1 is 0.326 bits per heavy atom. The third-order valence-corrected chi connectivity index (χ3v) is 9.14. The van der Waals surface area contributed by atoms with Crippen LogP contribution >= 0.6 is 0 Å². The van der Waals surface area contributed by atoms with Crippen molar-refractivity contribution in [3.05, 3.63) is 170 Å². The smallest absolute Gasteiger partial charge is 0.0708 e. The third kappa shape index (κ3) is 4.27. The van der Waals surface area contributed by atoms with Crippen LogP contribution < -0.4 is 0 Å². The second-order valence-corrected chi connectivity index (χ2v) is 11.8. The first kappa shape index (κ1) is 26.3. The van der Waals surface area contributed by atoms with Crippen molar-refractivity contribution in [2.24, 2.45) is 0 Å². The largest absolute Gasteiger partial charge is 0.256 e. The fourth-order valence-corrected chi connectivity index (χ4v) is 7.10. The average Bonchev–Trinajstić information content (AvgIpc) is 3.13. The highest BCUT2D eigenvalue weighted by atomic mass is 14.7. The number of para-hydroxylation sites is 1. The van der Waals surface area contributed by atoms with Crippen LogP contribution in [0.4, 0.5) is 0 Å². The molecular formula is C44H28N2. The Morgan fingerprint density at radius 2 is 0.913 bits per heavy atom. The Bertz CT molecular complexity index is 2520. The lowest BCUT2D eigenvalue weighted by molar-refractivity contribution is 1.33. The minimum Gasteiger partial charge on any atom is -0.256 e. The maximum Gasteiger partial charge on any atom is 0.0708 e. The van der Waals surface area contributed by atoms with E-state index in [4.69, 9.17) is 4.98 Å². The summed E-state index contributed by atoms with van der Waals surface area (Å²) in [4.78, 5) is 9.51. The second-order valence-electron chi connectivity index (χ2n) is 11.8. The molecule has 2 nitrogen and oxygen atoms in total. The number of hydrogen-bond donors (Lipinski definition) is 0. The maximum absolute atomic E-state index is 4.92. The van der Waals surface area contributed by atoms with Crippen LogP contribution in [0, 0.1) is 0 Å². The molecule has 0 saturated heterocycles. The van der Waals surface area contributed by atoms with Gasteiger partial charge in [-0.2, -0.15) is 0 Å². The Morgan fingerprint density at radius 3 is 1.65 bits per heavy atom. The van der Waals surface area contributed by atoms with Crippen molar-refractivity contribution >= 4 is 43.2 Å². The van der Waals surface area contributed by atoms with E-state index < -0.39 is 0 Å². The Labute approximate surface area is 267 Å². The summed E-state index contributed by atoms with van der Waals surface area (Å²) in [7, 11) is 0. The van der Waals surface area contributed by atoms with Gasteiger partial charge in [0.05, 0.1) is 11.2 Å². The molecule has 0 unspecified atom stereocenters. The predicted octanol–water partition coefficient (Wildman–Crippen LogP) is 11.8. The van der Waals surface area contributed by atoms with Crippen molar-refractivity contribution in [3.63, 3.8) is 0 Å². The fourth-order valence-electron chi connectivity index (χ4n) is 7.10. The molecule has 2 aromatic heterocycles. The summed E-state index contributed by atoms with van der Waals surface area (Å²) in [5.41, 5.74) is 10.3. The van der Waals surface area contributed by atoms with E-state index in [2.05, 4.69) is 157 Å². The fraction of sp³-hybridized carbons (Fsp3) is 0. The lowest BCUT2D eigenvalue weighted by Gasteiger charge is -2.19. The normalized spacial score (nSPS) is 11.5. The average molecular weight is 585 g/mol. The summed E-state index contributed by atoms with van der Waals surface area (Å²) in [6.45, 7) is 0. The molecule has 0 aliphatic rings. The molecule has 46 heavy (non-hydrogen) atoms. The molecule has 0 bridgehead atoms. The van der Waals surface area contributed by atoms with Gasteiger partial charge < -0.3 is 0 Å². The molecular weight excluding hydrogens is 556 g/mol. The van der Waals surface area contributed by atoms with Gasteiger partial charge in [0.25, 0.3) is 0 Å². The van der Waals surface area contributed by atoms with E-state index >= 15 is 0 Å². The van der Waals surface area contributed by atoms with E-state index in [-0.39, 0.29) is 0 Å². The zero-order valence-corrected chi connectivity index (χ0v) is 25.1. The molecule has 0 radical (unpaired) electrons. The maximum atomic E-state index is 4.92. The van der Waals surface area contributed by atoms with Gasteiger partial charge in [-0.1, -0.05) is 121 Å². The highest BCUT2D eigenvalue weighted by Gasteiger charge is 2.19. The molecule has 0 atom stereocenters. The molecule has 0 amide bonds. The topological polar surface area (TPSA) is 25.8 Å². The van der Waals surface area contributed by atoms with Gasteiger partial charge in [-0.05, 0) is 102 Å². The number of pyridine rings is 2. The van der Waals surface area contributed by atoms with Crippen molar-refractivity contribution in [1.29, 1.82) is 0 Å².